The lowest BCUT2D eigenvalue weighted by molar-refractivity contribution is -0.235. The molecule has 1 fully saturated rings. The third-order valence-electron chi connectivity index (χ3n) is 4.44. The van der Waals surface area contributed by atoms with Crippen molar-refractivity contribution in [2.24, 2.45) is 11.5 Å². The van der Waals surface area contributed by atoms with E-state index in [1.165, 1.54) is 6.08 Å². The second-order valence-corrected chi connectivity index (χ2v) is 6.24. The first-order valence-corrected chi connectivity index (χ1v) is 7.70. The first-order chi connectivity index (χ1) is 10.8. The SMILES string of the molecule is CN[C@@H]1CC(N)[C@@H](O[C@@H]2C=C(O)[C@H](O)C(C(C)N)O2)C(O)C1O. The maximum atomic E-state index is 10.2. The van der Waals surface area contributed by atoms with Crippen molar-refractivity contribution in [3.63, 3.8) is 0 Å². The largest absolute Gasteiger partial charge is 0.510 e. The maximum Gasteiger partial charge on any atom is 0.181 e. The molecule has 0 amide bonds. The summed E-state index contributed by atoms with van der Waals surface area (Å²) in [7, 11) is 1.67. The number of likely N-dealkylation sites (N-methyl/N-ethyl adjacent to an activating group) is 1. The standard InChI is InChI=1S/C14H27N3O6/c1-5(15)13-11(20)8(18)4-9(22-13)23-14-6(16)3-7(17-2)10(19)12(14)21/h4-7,9-14,17-21H,3,15-16H2,1-2H3/t5?,6?,7-,9-,10?,11+,12?,13?,14-/m1/s1. The van der Waals surface area contributed by atoms with Gasteiger partial charge >= 0.3 is 0 Å². The van der Waals surface area contributed by atoms with Crippen molar-refractivity contribution in [1.29, 1.82) is 0 Å². The predicted molar refractivity (Wildman–Crippen MR) is 81.4 cm³/mol. The van der Waals surface area contributed by atoms with Gasteiger partial charge in [-0.15, -0.1) is 0 Å². The van der Waals surface area contributed by atoms with E-state index >= 15 is 0 Å². The monoisotopic (exact) mass is 333 g/mol. The van der Waals surface area contributed by atoms with Gasteiger partial charge in [-0.2, -0.15) is 0 Å². The van der Waals surface area contributed by atoms with Gasteiger partial charge in [0.2, 0.25) is 0 Å². The summed E-state index contributed by atoms with van der Waals surface area (Å²) < 4.78 is 11.2. The van der Waals surface area contributed by atoms with Crippen LogP contribution < -0.4 is 16.8 Å². The van der Waals surface area contributed by atoms with Crippen LogP contribution in [0.4, 0.5) is 0 Å². The van der Waals surface area contributed by atoms with Crippen molar-refractivity contribution in [3.05, 3.63) is 11.8 Å². The zero-order valence-corrected chi connectivity index (χ0v) is 13.2. The summed E-state index contributed by atoms with van der Waals surface area (Å²) in [4.78, 5) is 0. The Morgan fingerprint density at radius 3 is 2.57 bits per heavy atom. The second kappa shape index (κ2) is 7.41. The van der Waals surface area contributed by atoms with Gasteiger partial charge in [-0.1, -0.05) is 0 Å². The molecule has 0 aromatic carbocycles. The Morgan fingerprint density at radius 1 is 1.35 bits per heavy atom. The Balaban J connectivity index is 2.09. The first kappa shape index (κ1) is 18.6. The normalized spacial score (nSPS) is 46.3. The van der Waals surface area contributed by atoms with Crippen LogP contribution in [-0.2, 0) is 9.47 Å². The summed E-state index contributed by atoms with van der Waals surface area (Å²) in [6.45, 7) is 1.63. The molecule has 0 saturated heterocycles. The molecule has 0 radical (unpaired) electrons. The van der Waals surface area contributed by atoms with Gasteiger partial charge in [0.25, 0.3) is 0 Å². The van der Waals surface area contributed by atoms with E-state index in [2.05, 4.69) is 5.32 Å². The quantitative estimate of drug-likeness (QED) is 0.290. The van der Waals surface area contributed by atoms with Gasteiger partial charge in [0.15, 0.2) is 6.29 Å². The zero-order valence-electron chi connectivity index (χ0n) is 13.2. The number of nitrogens with one attached hydrogen (secondary N) is 1. The van der Waals surface area contributed by atoms with Gasteiger partial charge in [-0.3, -0.25) is 0 Å². The highest BCUT2D eigenvalue weighted by molar-refractivity contribution is 5.09. The van der Waals surface area contributed by atoms with E-state index < -0.39 is 48.9 Å². The molecule has 5 unspecified atom stereocenters. The number of aliphatic hydroxyl groups is 4. The Morgan fingerprint density at radius 2 is 2.00 bits per heavy atom. The molecule has 1 aliphatic heterocycles. The Labute approximate surface area is 134 Å². The number of hydrogen-bond donors (Lipinski definition) is 7. The van der Waals surface area contributed by atoms with Crippen molar-refractivity contribution < 1.29 is 29.9 Å². The van der Waals surface area contributed by atoms with Gasteiger partial charge < -0.3 is 46.7 Å². The molecule has 1 saturated carbocycles. The maximum absolute atomic E-state index is 10.2. The molecule has 1 heterocycles. The van der Waals surface area contributed by atoms with Crippen molar-refractivity contribution in [1.82, 2.24) is 5.32 Å². The van der Waals surface area contributed by atoms with Crippen LogP contribution in [-0.4, -0.2) is 82.4 Å². The molecule has 0 spiro atoms. The van der Waals surface area contributed by atoms with Crippen molar-refractivity contribution in [2.45, 2.75) is 68.3 Å². The average molecular weight is 333 g/mol. The molecule has 134 valence electrons. The van der Waals surface area contributed by atoms with Crippen LogP contribution in [0.25, 0.3) is 0 Å². The molecule has 0 aromatic rings. The summed E-state index contributed by atoms with van der Waals surface area (Å²) in [5, 5.41) is 42.8. The topological polar surface area (TPSA) is 163 Å². The minimum atomic E-state index is -1.24. The fourth-order valence-electron chi connectivity index (χ4n) is 3.03. The summed E-state index contributed by atoms with van der Waals surface area (Å²) in [5.74, 6) is -0.309. The van der Waals surface area contributed by atoms with Crippen LogP contribution in [0.1, 0.15) is 13.3 Å². The van der Waals surface area contributed by atoms with E-state index in [4.69, 9.17) is 20.9 Å². The molecule has 1 aliphatic carbocycles. The Bertz CT molecular complexity index is 435. The third-order valence-corrected chi connectivity index (χ3v) is 4.44. The third kappa shape index (κ3) is 3.83. The highest BCUT2D eigenvalue weighted by Gasteiger charge is 2.44. The lowest BCUT2D eigenvalue weighted by Crippen LogP contribution is -2.63. The van der Waals surface area contributed by atoms with Gasteiger partial charge in [0.05, 0.1) is 6.10 Å². The van der Waals surface area contributed by atoms with Gasteiger partial charge in [0, 0.05) is 24.2 Å². The van der Waals surface area contributed by atoms with E-state index in [0.29, 0.717) is 6.42 Å². The molecule has 23 heavy (non-hydrogen) atoms. The first-order valence-electron chi connectivity index (χ1n) is 7.70. The predicted octanol–water partition coefficient (Wildman–Crippen LogP) is -2.71. The lowest BCUT2D eigenvalue weighted by atomic mass is 9.84. The smallest absolute Gasteiger partial charge is 0.181 e. The molecule has 0 bridgehead atoms. The van der Waals surface area contributed by atoms with Crippen molar-refractivity contribution >= 4 is 0 Å². The number of rotatable bonds is 4. The van der Waals surface area contributed by atoms with Crippen molar-refractivity contribution in [2.75, 3.05) is 7.05 Å². The summed E-state index contributed by atoms with van der Waals surface area (Å²) in [6, 6.07) is -1.42. The second-order valence-electron chi connectivity index (χ2n) is 6.24. The minimum Gasteiger partial charge on any atom is -0.510 e. The molecule has 9 nitrogen and oxygen atoms in total. The summed E-state index contributed by atoms with van der Waals surface area (Å²) >= 11 is 0. The van der Waals surface area contributed by atoms with E-state index in [1.54, 1.807) is 14.0 Å². The fourth-order valence-corrected chi connectivity index (χ4v) is 3.03. The molecule has 9 heteroatoms. The highest BCUT2D eigenvalue weighted by Crippen LogP contribution is 2.27. The summed E-state index contributed by atoms with van der Waals surface area (Å²) in [5.41, 5.74) is 11.7. The van der Waals surface area contributed by atoms with E-state index in [1.807, 2.05) is 0 Å². The molecule has 9 N–H and O–H groups in total. The molecule has 9 atom stereocenters. The molecule has 2 rings (SSSR count). The Hall–Kier alpha value is -0.780. The van der Waals surface area contributed by atoms with Crippen LogP contribution in [0, 0.1) is 0 Å². The highest BCUT2D eigenvalue weighted by atomic mass is 16.7. The number of ether oxygens (including phenoxy) is 2. The summed E-state index contributed by atoms with van der Waals surface area (Å²) in [6.07, 6.45) is -4.65. The van der Waals surface area contributed by atoms with E-state index in [0.717, 1.165) is 0 Å². The molecule has 0 aromatic heterocycles. The van der Waals surface area contributed by atoms with Crippen LogP contribution in [0.3, 0.4) is 0 Å². The Kier molecular flexibility index (Phi) is 5.98. The number of nitrogens with two attached hydrogens (primary N) is 2. The van der Waals surface area contributed by atoms with Crippen LogP contribution >= 0.6 is 0 Å². The van der Waals surface area contributed by atoms with Gasteiger partial charge in [-0.25, -0.2) is 0 Å². The zero-order chi connectivity index (χ0) is 17.3. The van der Waals surface area contributed by atoms with Gasteiger partial charge in [-0.05, 0) is 20.4 Å². The minimum absolute atomic E-state index is 0.309. The van der Waals surface area contributed by atoms with E-state index in [9.17, 15) is 20.4 Å². The average Bonchev–Trinajstić information content (AvgIpc) is 2.50. The van der Waals surface area contributed by atoms with Gasteiger partial charge in [0.1, 0.15) is 30.2 Å². The molecular weight excluding hydrogens is 306 g/mol. The van der Waals surface area contributed by atoms with Crippen molar-refractivity contribution in [3.8, 4) is 0 Å². The fraction of sp³-hybridized carbons (Fsp3) is 0.857. The van der Waals surface area contributed by atoms with Crippen LogP contribution in [0.5, 0.6) is 0 Å². The number of hydrogen-bond acceptors (Lipinski definition) is 9. The van der Waals surface area contributed by atoms with Crippen LogP contribution in [0.2, 0.25) is 0 Å². The number of aliphatic hydroxyl groups excluding tert-OH is 4. The van der Waals surface area contributed by atoms with E-state index in [-0.39, 0.29) is 11.8 Å². The molecular formula is C14H27N3O6. The molecule has 2 aliphatic rings. The lowest BCUT2D eigenvalue weighted by Gasteiger charge is -2.43. The van der Waals surface area contributed by atoms with Crippen LogP contribution in [0.15, 0.2) is 11.8 Å².